The highest BCUT2D eigenvalue weighted by Crippen LogP contribution is 2.29. The maximum atomic E-state index is 14.5. The Hall–Kier alpha value is -5.52. The second-order valence-electron chi connectivity index (χ2n) is 19.8. The van der Waals surface area contributed by atoms with E-state index in [-0.39, 0.29) is 63.1 Å². The number of alkyl carbamates (subject to hydrolysis) is 1. The highest BCUT2D eigenvalue weighted by atomic mass is 16.7. The summed E-state index contributed by atoms with van der Waals surface area (Å²) in [6.07, 6.45) is 4.14. The first-order valence-electron chi connectivity index (χ1n) is 23.7. The van der Waals surface area contributed by atoms with Gasteiger partial charge < -0.3 is 56.1 Å². The molecule has 5 atom stereocenters. The van der Waals surface area contributed by atoms with Gasteiger partial charge in [0, 0.05) is 44.6 Å². The van der Waals surface area contributed by atoms with Crippen LogP contribution in [0.4, 0.5) is 4.79 Å². The van der Waals surface area contributed by atoms with Crippen molar-refractivity contribution in [3.63, 3.8) is 0 Å². The minimum absolute atomic E-state index is 0.0631. The van der Waals surface area contributed by atoms with Crippen LogP contribution in [0, 0.1) is 5.92 Å². The van der Waals surface area contributed by atoms with Crippen LogP contribution < -0.4 is 31.9 Å². The van der Waals surface area contributed by atoms with Gasteiger partial charge in [0.25, 0.3) is 0 Å². The Labute approximate surface area is 395 Å². The van der Waals surface area contributed by atoms with Gasteiger partial charge in [0.05, 0.1) is 12.7 Å². The molecule has 2 heterocycles. The number of carbonyl (C=O) groups is 6. The third kappa shape index (κ3) is 17.3. The lowest BCUT2D eigenvalue weighted by atomic mass is 9.87. The van der Waals surface area contributed by atoms with Crippen LogP contribution in [0.2, 0.25) is 0 Å². The smallest absolute Gasteiger partial charge is 0.408 e. The third-order valence-electron chi connectivity index (χ3n) is 11.8. The standard InChI is InChI=1S/C50H73N7O10/c1-33(2)28-39(53-43(59)40(29-34-16-10-8-11-17-34)54-44(60)41(30-35-18-12-9-13-19-35)55-47(64)67-48(3,4)5)42(58)52-38(20-14-15-25-51-31-37-32-65-49(6,7)66-37)45(61)57-26-23-50(24-27-57,46(62)63)56-36-21-22-36/h8-13,16-19,21,33,37-41,51,56H,14-15,20,22-32H2,1-7H3,(H,52,58)(H,53,59)(H,54,60)(H,55,64)(H,62,63)/t37-,38-,39-,40-,41-/m1/s1. The van der Waals surface area contributed by atoms with Crippen molar-refractivity contribution >= 4 is 35.7 Å². The Morgan fingerprint density at radius 1 is 0.791 bits per heavy atom. The van der Waals surface area contributed by atoms with Gasteiger partial charge in [0.15, 0.2) is 5.79 Å². The summed E-state index contributed by atoms with van der Waals surface area (Å²) >= 11 is 0. The largest absolute Gasteiger partial charge is 0.480 e. The number of hydrogen-bond acceptors (Lipinski definition) is 11. The van der Waals surface area contributed by atoms with Gasteiger partial charge in [-0.05, 0) is 96.7 Å². The van der Waals surface area contributed by atoms with E-state index in [4.69, 9.17) is 14.2 Å². The van der Waals surface area contributed by atoms with Crippen LogP contribution in [0.5, 0.6) is 0 Å². The summed E-state index contributed by atoms with van der Waals surface area (Å²) in [7, 11) is 0. The molecule has 3 aliphatic rings. The SMILES string of the molecule is CC(C)C[C@@H](NC(=O)[C@@H](Cc1ccccc1)NC(=O)[C@@H](Cc1ccccc1)NC(=O)OC(C)(C)C)C(=O)N[C@H](CCCCNC[C@@H]1COC(C)(C)O1)C(=O)N1CCC(NC2=CC2)(C(=O)O)CC1. The Bertz CT molecular complexity index is 2010. The fourth-order valence-corrected chi connectivity index (χ4v) is 8.25. The van der Waals surface area contributed by atoms with Gasteiger partial charge in [0.1, 0.15) is 35.3 Å². The molecular formula is C50H73N7O10. The first-order valence-corrected chi connectivity index (χ1v) is 23.7. The average molecular weight is 932 g/mol. The Kier molecular flexibility index (Phi) is 18.8. The number of amides is 5. The summed E-state index contributed by atoms with van der Waals surface area (Å²) in [5.41, 5.74) is 0.388. The van der Waals surface area contributed by atoms with E-state index in [1.807, 2.05) is 94.4 Å². The van der Waals surface area contributed by atoms with E-state index in [1.54, 1.807) is 25.7 Å². The van der Waals surface area contributed by atoms with Crippen molar-refractivity contribution in [2.75, 3.05) is 32.8 Å². The Morgan fingerprint density at radius 2 is 1.33 bits per heavy atom. The number of likely N-dealkylation sites (tertiary alicyclic amines) is 1. The van der Waals surface area contributed by atoms with Gasteiger partial charge in [-0.3, -0.25) is 19.2 Å². The highest BCUT2D eigenvalue weighted by Gasteiger charge is 2.45. The molecule has 0 aromatic heterocycles. The van der Waals surface area contributed by atoms with E-state index >= 15 is 0 Å². The summed E-state index contributed by atoms with van der Waals surface area (Å²) in [6.45, 7) is 14.8. The minimum Gasteiger partial charge on any atom is -0.480 e. The van der Waals surface area contributed by atoms with Gasteiger partial charge in [-0.1, -0.05) is 80.6 Å². The molecule has 2 aromatic rings. The number of carboxylic acid groups (broad SMARTS) is 1. The number of benzene rings is 2. The average Bonchev–Trinajstić information content (AvgIpc) is 4.01. The van der Waals surface area contributed by atoms with Crippen molar-refractivity contribution in [2.24, 2.45) is 5.92 Å². The molecule has 2 aromatic carbocycles. The highest BCUT2D eigenvalue weighted by molar-refractivity contribution is 5.95. The quantitative estimate of drug-likeness (QED) is 0.0740. The zero-order valence-corrected chi connectivity index (χ0v) is 40.3. The lowest BCUT2D eigenvalue weighted by molar-refractivity contribution is -0.149. The summed E-state index contributed by atoms with van der Waals surface area (Å²) < 4.78 is 17.0. The van der Waals surface area contributed by atoms with Crippen LogP contribution in [0.1, 0.15) is 105 Å². The van der Waals surface area contributed by atoms with Crippen molar-refractivity contribution in [1.29, 1.82) is 0 Å². The van der Waals surface area contributed by atoms with Gasteiger partial charge in [-0.2, -0.15) is 0 Å². The van der Waals surface area contributed by atoms with Crippen LogP contribution in [0.15, 0.2) is 72.4 Å². The molecule has 5 amide bonds. The lowest BCUT2D eigenvalue weighted by Gasteiger charge is -2.40. The molecule has 17 nitrogen and oxygen atoms in total. The summed E-state index contributed by atoms with van der Waals surface area (Å²) in [5, 5.41) is 28.2. The molecule has 2 saturated heterocycles. The molecule has 0 bridgehead atoms. The molecule has 0 radical (unpaired) electrons. The first kappa shape index (κ1) is 52.4. The molecule has 7 N–H and O–H groups in total. The molecule has 67 heavy (non-hydrogen) atoms. The van der Waals surface area contributed by atoms with Crippen molar-refractivity contribution in [1.82, 2.24) is 36.8 Å². The summed E-state index contributed by atoms with van der Waals surface area (Å²) in [5.74, 6) is -3.79. The second-order valence-corrected chi connectivity index (χ2v) is 19.8. The van der Waals surface area contributed by atoms with Crippen molar-refractivity contribution < 1.29 is 48.1 Å². The molecule has 5 rings (SSSR count). The lowest BCUT2D eigenvalue weighted by Crippen LogP contribution is -2.61. The number of rotatable bonds is 24. The zero-order chi connectivity index (χ0) is 48.8. The molecule has 368 valence electrons. The fourth-order valence-electron chi connectivity index (χ4n) is 8.25. The molecule has 17 heteroatoms. The predicted molar refractivity (Wildman–Crippen MR) is 252 cm³/mol. The predicted octanol–water partition coefficient (Wildman–Crippen LogP) is 4.10. The van der Waals surface area contributed by atoms with Gasteiger partial charge in [0.2, 0.25) is 23.6 Å². The van der Waals surface area contributed by atoms with Crippen LogP contribution >= 0.6 is 0 Å². The first-order chi connectivity index (χ1) is 31.7. The molecular weight excluding hydrogens is 859 g/mol. The number of nitrogens with one attached hydrogen (secondary N) is 6. The van der Waals surface area contributed by atoms with Crippen LogP contribution in [0.3, 0.4) is 0 Å². The van der Waals surface area contributed by atoms with Crippen LogP contribution in [-0.4, -0.2) is 126 Å². The van der Waals surface area contributed by atoms with Gasteiger partial charge in [-0.25, -0.2) is 9.59 Å². The van der Waals surface area contributed by atoms with Gasteiger partial charge >= 0.3 is 12.1 Å². The molecule has 0 spiro atoms. The number of hydrogen-bond donors (Lipinski definition) is 7. The number of aliphatic carboxylic acids is 1. The molecule has 2 aliphatic heterocycles. The van der Waals surface area contributed by atoms with E-state index in [0.29, 0.717) is 45.4 Å². The number of carboxylic acids is 1. The number of ether oxygens (including phenoxy) is 3. The summed E-state index contributed by atoms with van der Waals surface area (Å²) in [4.78, 5) is 84.5. The normalized spacial score (nSPS) is 19.2. The number of carbonyl (C=O) groups excluding carboxylic acids is 5. The number of piperidine rings is 1. The van der Waals surface area contributed by atoms with E-state index in [0.717, 1.165) is 16.8 Å². The maximum absolute atomic E-state index is 14.5. The van der Waals surface area contributed by atoms with E-state index in [2.05, 4.69) is 31.9 Å². The number of nitrogens with zero attached hydrogens (tertiary/aromatic N) is 1. The minimum atomic E-state index is -1.18. The van der Waals surface area contributed by atoms with E-state index in [9.17, 15) is 33.9 Å². The van der Waals surface area contributed by atoms with Crippen molar-refractivity contribution in [3.05, 3.63) is 83.6 Å². The van der Waals surface area contributed by atoms with E-state index < -0.39 is 70.9 Å². The van der Waals surface area contributed by atoms with Crippen LogP contribution in [-0.2, 0) is 51.0 Å². The topological polar surface area (TPSA) is 226 Å². The molecule has 0 unspecified atom stereocenters. The fraction of sp³-hybridized carbons (Fsp3) is 0.600. The zero-order valence-electron chi connectivity index (χ0n) is 40.3. The maximum Gasteiger partial charge on any atom is 0.408 e. The Morgan fingerprint density at radius 3 is 1.84 bits per heavy atom. The molecule has 2 fully saturated rings. The second kappa shape index (κ2) is 24.0. The van der Waals surface area contributed by atoms with Crippen molar-refractivity contribution in [3.8, 4) is 0 Å². The Balaban J connectivity index is 1.31. The van der Waals surface area contributed by atoms with Crippen LogP contribution in [0.25, 0.3) is 0 Å². The summed E-state index contributed by atoms with van der Waals surface area (Å²) in [6, 6.07) is 14.0. The molecule has 0 saturated carbocycles. The van der Waals surface area contributed by atoms with Crippen molar-refractivity contribution in [2.45, 2.75) is 153 Å². The number of allylic oxidation sites excluding steroid dienone is 2. The third-order valence-corrected chi connectivity index (χ3v) is 11.8. The van der Waals surface area contributed by atoms with E-state index in [1.165, 1.54) is 0 Å². The monoisotopic (exact) mass is 932 g/mol. The number of unbranched alkanes of at least 4 members (excludes halogenated alkanes) is 1. The van der Waals surface area contributed by atoms with Gasteiger partial charge in [-0.15, -0.1) is 0 Å². The molecule has 1 aliphatic carbocycles.